The van der Waals surface area contributed by atoms with Crippen LogP contribution in [-0.4, -0.2) is 31.4 Å². The first-order chi connectivity index (χ1) is 9.36. The summed E-state index contributed by atoms with van der Waals surface area (Å²) < 4.78 is 47.9. The molecular formula is C13H15F3O4. The zero-order chi connectivity index (χ0) is 15.2. The van der Waals surface area contributed by atoms with E-state index in [0.717, 1.165) is 12.1 Å². The van der Waals surface area contributed by atoms with Crippen LogP contribution in [-0.2, 0) is 15.7 Å². The summed E-state index contributed by atoms with van der Waals surface area (Å²) in [5.41, 5.74) is -0.920. The van der Waals surface area contributed by atoms with Crippen LogP contribution >= 0.6 is 0 Å². The van der Waals surface area contributed by atoms with Crippen molar-refractivity contribution < 1.29 is 32.5 Å². The molecule has 1 aromatic rings. The molecule has 4 nitrogen and oxygen atoms in total. The van der Waals surface area contributed by atoms with Gasteiger partial charge in [-0.3, -0.25) is 4.79 Å². The van der Waals surface area contributed by atoms with Gasteiger partial charge in [-0.15, -0.1) is 0 Å². The van der Waals surface area contributed by atoms with E-state index in [0.29, 0.717) is 0 Å². The predicted molar refractivity (Wildman–Crippen MR) is 64.6 cm³/mol. The summed E-state index contributed by atoms with van der Waals surface area (Å²) in [6.07, 6.45) is -4.37. The minimum absolute atomic E-state index is 0.167. The van der Waals surface area contributed by atoms with Crippen LogP contribution in [0.1, 0.15) is 12.0 Å². The number of halogens is 3. The molecule has 0 aromatic heterocycles. The van der Waals surface area contributed by atoms with Crippen molar-refractivity contribution >= 4 is 5.97 Å². The lowest BCUT2D eigenvalue weighted by atomic mass is 10.1. The number of carbonyl (C=O) groups is 1. The molecule has 20 heavy (non-hydrogen) atoms. The SMILES string of the molecule is COCCC(COc1ccccc1C(F)(F)F)C(=O)O. The number of rotatable bonds is 7. The first-order valence-corrected chi connectivity index (χ1v) is 5.87. The van der Waals surface area contributed by atoms with Crippen molar-refractivity contribution in [1.29, 1.82) is 0 Å². The van der Waals surface area contributed by atoms with Crippen LogP contribution in [0, 0.1) is 5.92 Å². The monoisotopic (exact) mass is 292 g/mol. The van der Waals surface area contributed by atoms with Crippen LogP contribution in [0.3, 0.4) is 0 Å². The molecule has 0 aliphatic rings. The summed E-state index contributed by atoms with van der Waals surface area (Å²) in [4.78, 5) is 11.0. The van der Waals surface area contributed by atoms with Crippen molar-refractivity contribution in [3.05, 3.63) is 29.8 Å². The molecule has 7 heteroatoms. The Hall–Kier alpha value is -1.76. The van der Waals surface area contributed by atoms with Gasteiger partial charge in [0.05, 0.1) is 11.5 Å². The Labute approximate surface area is 114 Å². The molecule has 1 N–H and O–H groups in total. The molecule has 0 saturated heterocycles. The van der Waals surface area contributed by atoms with Gasteiger partial charge in [-0.05, 0) is 18.6 Å². The Bertz CT molecular complexity index is 445. The van der Waals surface area contributed by atoms with E-state index in [1.807, 2.05) is 0 Å². The molecule has 1 rings (SSSR count). The first-order valence-electron chi connectivity index (χ1n) is 5.87. The number of benzene rings is 1. The van der Waals surface area contributed by atoms with Crippen LogP contribution < -0.4 is 4.74 Å². The number of hydrogen-bond acceptors (Lipinski definition) is 3. The van der Waals surface area contributed by atoms with Crippen LogP contribution in [0.2, 0.25) is 0 Å². The van der Waals surface area contributed by atoms with Crippen molar-refractivity contribution in [1.82, 2.24) is 0 Å². The minimum atomic E-state index is -4.54. The second kappa shape index (κ2) is 7.14. The van der Waals surface area contributed by atoms with Crippen molar-refractivity contribution in [2.45, 2.75) is 12.6 Å². The van der Waals surface area contributed by atoms with Crippen LogP contribution in [0.5, 0.6) is 5.75 Å². The Morgan fingerprint density at radius 3 is 2.55 bits per heavy atom. The van der Waals surface area contributed by atoms with E-state index < -0.39 is 23.6 Å². The van der Waals surface area contributed by atoms with Gasteiger partial charge < -0.3 is 14.6 Å². The Morgan fingerprint density at radius 2 is 2.00 bits per heavy atom. The second-order valence-corrected chi connectivity index (χ2v) is 4.12. The Balaban J connectivity index is 2.75. The van der Waals surface area contributed by atoms with E-state index in [-0.39, 0.29) is 25.4 Å². The van der Waals surface area contributed by atoms with Crippen LogP contribution in [0.4, 0.5) is 13.2 Å². The van der Waals surface area contributed by atoms with Crippen LogP contribution in [0.15, 0.2) is 24.3 Å². The number of methoxy groups -OCH3 is 1. The Kier molecular flexibility index (Phi) is 5.82. The van der Waals surface area contributed by atoms with Gasteiger partial charge in [-0.2, -0.15) is 13.2 Å². The van der Waals surface area contributed by atoms with Gasteiger partial charge in [0, 0.05) is 13.7 Å². The van der Waals surface area contributed by atoms with E-state index in [4.69, 9.17) is 14.6 Å². The first kappa shape index (κ1) is 16.3. The maximum Gasteiger partial charge on any atom is 0.419 e. The summed E-state index contributed by atoms with van der Waals surface area (Å²) in [6, 6.07) is 4.70. The lowest BCUT2D eigenvalue weighted by Crippen LogP contribution is -2.23. The molecule has 0 saturated carbocycles. The summed E-state index contributed by atoms with van der Waals surface area (Å²) in [5.74, 6) is -2.42. The second-order valence-electron chi connectivity index (χ2n) is 4.12. The van der Waals surface area contributed by atoms with E-state index in [9.17, 15) is 18.0 Å². The number of para-hydroxylation sites is 1. The maximum atomic E-state index is 12.7. The fraction of sp³-hybridized carbons (Fsp3) is 0.462. The third-order valence-corrected chi connectivity index (χ3v) is 2.65. The van der Waals surface area contributed by atoms with E-state index in [1.165, 1.54) is 19.2 Å². The normalized spacial score (nSPS) is 13.0. The van der Waals surface area contributed by atoms with Crippen molar-refractivity contribution in [3.63, 3.8) is 0 Å². The molecule has 0 fully saturated rings. The van der Waals surface area contributed by atoms with Crippen molar-refractivity contribution in [2.75, 3.05) is 20.3 Å². The largest absolute Gasteiger partial charge is 0.492 e. The van der Waals surface area contributed by atoms with Gasteiger partial charge in [0.25, 0.3) is 0 Å². The van der Waals surface area contributed by atoms with Gasteiger partial charge in [-0.1, -0.05) is 12.1 Å². The number of carboxylic acids is 1. The molecule has 0 spiro atoms. The molecular weight excluding hydrogens is 277 g/mol. The summed E-state index contributed by atoms with van der Waals surface area (Å²) >= 11 is 0. The average Bonchev–Trinajstić information content (AvgIpc) is 2.37. The van der Waals surface area contributed by atoms with E-state index >= 15 is 0 Å². The van der Waals surface area contributed by atoms with Crippen molar-refractivity contribution in [3.8, 4) is 5.75 Å². The molecule has 1 aromatic carbocycles. The van der Waals surface area contributed by atoms with E-state index in [1.54, 1.807) is 0 Å². The molecule has 0 bridgehead atoms. The van der Waals surface area contributed by atoms with Crippen molar-refractivity contribution in [2.24, 2.45) is 5.92 Å². The number of alkyl halides is 3. The lowest BCUT2D eigenvalue weighted by molar-refractivity contribution is -0.143. The summed E-state index contributed by atoms with van der Waals surface area (Å²) in [7, 11) is 1.42. The quantitative estimate of drug-likeness (QED) is 0.839. The highest BCUT2D eigenvalue weighted by Gasteiger charge is 2.34. The molecule has 0 amide bonds. The topological polar surface area (TPSA) is 55.8 Å². The zero-order valence-electron chi connectivity index (χ0n) is 10.8. The zero-order valence-corrected chi connectivity index (χ0v) is 10.8. The fourth-order valence-electron chi connectivity index (χ4n) is 1.56. The highest BCUT2D eigenvalue weighted by Crippen LogP contribution is 2.36. The summed E-state index contributed by atoms with van der Waals surface area (Å²) in [6.45, 7) is -0.146. The number of aliphatic carboxylic acids is 1. The van der Waals surface area contributed by atoms with Gasteiger partial charge in [-0.25, -0.2) is 0 Å². The summed E-state index contributed by atoms with van der Waals surface area (Å²) in [5, 5.41) is 8.95. The maximum absolute atomic E-state index is 12.7. The molecule has 0 radical (unpaired) electrons. The number of hydrogen-bond donors (Lipinski definition) is 1. The van der Waals surface area contributed by atoms with Gasteiger partial charge in [0.15, 0.2) is 0 Å². The molecule has 1 atom stereocenters. The smallest absolute Gasteiger partial charge is 0.419 e. The molecule has 0 aliphatic heterocycles. The number of carboxylic acid groups (broad SMARTS) is 1. The average molecular weight is 292 g/mol. The fourth-order valence-corrected chi connectivity index (χ4v) is 1.56. The molecule has 112 valence electrons. The highest BCUT2D eigenvalue weighted by atomic mass is 19.4. The van der Waals surface area contributed by atoms with Gasteiger partial charge >= 0.3 is 12.1 Å². The molecule has 0 heterocycles. The predicted octanol–water partition coefficient (Wildman–Crippen LogP) is 2.82. The van der Waals surface area contributed by atoms with Gasteiger partial charge in [0.2, 0.25) is 0 Å². The third-order valence-electron chi connectivity index (χ3n) is 2.65. The third kappa shape index (κ3) is 4.73. The molecule has 1 unspecified atom stereocenters. The highest BCUT2D eigenvalue weighted by molar-refractivity contribution is 5.70. The Morgan fingerprint density at radius 1 is 1.35 bits per heavy atom. The van der Waals surface area contributed by atoms with E-state index in [2.05, 4.69) is 0 Å². The standard InChI is InChI=1S/C13H15F3O4/c1-19-7-6-9(12(17)18)8-20-11-5-3-2-4-10(11)13(14,15)16/h2-5,9H,6-8H2,1H3,(H,17,18). The minimum Gasteiger partial charge on any atom is -0.492 e. The number of ether oxygens (including phenoxy) is 2. The molecule has 0 aliphatic carbocycles. The van der Waals surface area contributed by atoms with Gasteiger partial charge in [0.1, 0.15) is 12.4 Å². The lowest BCUT2D eigenvalue weighted by Gasteiger charge is -2.16. The van der Waals surface area contributed by atoms with Crippen LogP contribution in [0.25, 0.3) is 0 Å².